The van der Waals surface area contributed by atoms with Crippen molar-refractivity contribution in [2.75, 3.05) is 13.1 Å². The van der Waals surface area contributed by atoms with Gasteiger partial charge in [-0.25, -0.2) is 8.42 Å². The van der Waals surface area contributed by atoms with Gasteiger partial charge in [-0.15, -0.1) is 0 Å². The fourth-order valence-electron chi connectivity index (χ4n) is 5.50. The van der Waals surface area contributed by atoms with Gasteiger partial charge in [0.15, 0.2) is 0 Å². The molecule has 4 N–H and O–H groups in total. The molecule has 46 heavy (non-hydrogen) atoms. The van der Waals surface area contributed by atoms with E-state index in [1.165, 1.54) is 24.3 Å². The number of carbonyl (C=O) groups excluding carboxylic acids is 3. The fraction of sp³-hybridized carbons (Fsp3) is 0.382. The smallest absolute Gasteiger partial charge is 0.265 e. The zero-order valence-electron chi connectivity index (χ0n) is 26.7. The third-order valence-electron chi connectivity index (χ3n) is 7.83. The molecule has 2 aliphatic rings. The molecule has 0 bridgehead atoms. The highest BCUT2D eigenvalue weighted by Gasteiger charge is 2.45. The van der Waals surface area contributed by atoms with Gasteiger partial charge in [0.05, 0.1) is 23.1 Å². The third kappa shape index (κ3) is 9.23. The summed E-state index contributed by atoms with van der Waals surface area (Å²) < 4.78 is 29.6. The molecule has 1 aromatic rings. The zero-order valence-corrected chi connectivity index (χ0v) is 28.2. The summed E-state index contributed by atoms with van der Waals surface area (Å²) in [6.45, 7) is 13.6. The first-order valence-corrected chi connectivity index (χ1v) is 17.1. The van der Waals surface area contributed by atoms with Crippen LogP contribution in [0.15, 0.2) is 95.8 Å². The normalized spacial score (nSPS) is 21.0. The average Bonchev–Trinajstić information content (AvgIpc) is 3.00. The first kappa shape index (κ1) is 36.4. The maximum atomic E-state index is 14.3. The van der Waals surface area contributed by atoms with Crippen molar-refractivity contribution in [2.24, 2.45) is 5.73 Å². The van der Waals surface area contributed by atoms with Crippen LogP contribution in [0, 0.1) is 6.92 Å². The number of aryl methyl sites for hydroxylation is 1. The molecule has 2 fully saturated rings. The Balaban J connectivity index is 2.02. The van der Waals surface area contributed by atoms with Gasteiger partial charge in [0.2, 0.25) is 17.7 Å². The average molecular weight is 670 g/mol. The second-order valence-electron chi connectivity index (χ2n) is 11.4. The van der Waals surface area contributed by atoms with Crippen molar-refractivity contribution in [1.29, 1.82) is 0 Å². The number of allylic oxidation sites excluding steroid dienone is 7. The number of piperazine rings is 1. The number of benzene rings is 1. The van der Waals surface area contributed by atoms with Crippen LogP contribution in [0.3, 0.4) is 0 Å². The van der Waals surface area contributed by atoms with Gasteiger partial charge in [-0.1, -0.05) is 55.1 Å². The Bertz CT molecular complexity index is 1570. The molecule has 0 radical (unpaired) electrons. The maximum Gasteiger partial charge on any atom is 0.265 e. The van der Waals surface area contributed by atoms with E-state index in [1.807, 2.05) is 13.0 Å². The second-order valence-corrected chi connectivity index (χ2v) is 13.6. The molecular weight excluding hydrogens is 626 g/mol. The quantitative estimate of drug-likeness (QED) is 0.282. The predicted octanol–water partition coefficient (Wildman–Crippen LogP) is 4.40. The summed E-state index contributed by atoms with van der Waals surface area (Å²) in [6, 6.07) is 1.28. The van der Waals surface area contributed by atoms with Crippen molar-refractivity contribution in [2.45, 2.75) is 75.9 Å². The van der Waals surface area contributed by atoms with Crippen LogP contribution in [0.5, 0.6) is 0 Å². The summed E-state index contributed by atoms with van der Waals surface area (Å²) in [5, 5.41) is 5.98. The minimum Gasteiger partial charge on any atom is -0.399 e. The molecular formula is C34H44ClN5O5S. The lowest BCUT2D eigenvalue weighted by Gasteiger charge is -2.41. The number of rotatable bonds is 12. The van der Waals surface area contributed by atoms with Crippen molar-refractivity contribution in [1.82, 2.24) is 19.8 Å². The van der Waals surface area contributed by atoms with Crippen molar-refractivity contribution < 1.29 is 22.8 Å². The van der Waals surface area contributed by atoms with Crippen molar-refractivity contribution >= 4 is 39.3 Å². The molecule has 2 saturated heterocycles. The molecule has 0 aliphatic carbocycles. The summed E-state index contributed by atoms with van der Waals surface area (Å²) in [4.78, 5) is 42.6. The Morgan fingerprint density at radius 3 is 2.50 bits per heavy atom. The molecule has 3 amide bonds. The Hall–Kier alpha value is -4.09. The molecule has 248 valence electrons. The van der Waals surface area contributed by atoms with E-state index in [0.29, 0.717) is 29.4 Å². The first-order chi connectivity index (χ1) is 21.8. The molecule has 2 heterocycles. The monoisotopic (exact) mass is 669 g/mol. The number of hydrogen-bond donors (Lipinski definition) is 3. The molecule has 0 saturated carbocycles. The van der Waals surface area contributed by atoms with Gasteiger partial charge in [0.25, 0.3) is 10.0 Å². The van der Waals surface area contributed by atoms with E-state index in [1.54, 1.807) is 49.1 Å². The number of likely N-dealkylation sites (tertiary alicyclic amines) is 1. The van der Waals surface area contributed by atoms with Gasteiger partial charge in [0.1, 0.15) is 12.1 Å². The van der Waals surface area contributed by atoms with Crippen molar-refractivity contribution in [3.63, 3.8) is 0 Å². The highest BCUT2D eigenvalue weighted by atomic mass is 35.5. The Morgan fingerprint density at radius 1 is 1.20 bits per heavy atom. The van der Waals surface area contributed by atoms with Gasteiger partial charge in [-0.2, -0.15) is 0 Å². The number of sulfonamides is 1. The van der Waals surface area contributed by atoms with Crippen LogP contribution in [-0.2, 0) is 24.4 Å². The van der Waals surface area contributed by atoms with Gasteiger partial charge in [-0.3, -0.25) is 18.7 Å². The van der Waals surface area contributed by atoms with E-state index in [0.717, 1.165) is 29.1 Å². The lowest BCUT2D eigenvalue weighted by atomic mass is 10.0. The fourth-order valence-corrected chi connectivity index (χ4v) is 7.64. The molecule has 3 rings (SSSR count). The molecule has 2 unspecified atom stereocenters. The number of carbonyl (C=O) groups is 3. The van der Waals surface area contributed by atoms with E-state index in [-0.39, 0.29) is 22.9 Å². The van der Waals surface area contributed by atoms with Gasteiger partial charge >= 0.3 is 0 Å². The minimum atomic E-state index is -4.36. The molecule has 1 aromatic carbocycles. The van der Waals surface area contributed by atoms with E-state index < -0.39 is 46.4 Å². The first-order valence-electron chi connectivity index (χ1n) is 15.3. The van der Waals surface area contributed by atoms with Crippen molar-refractivity contribution in [3.8, 4) is 0 Å². The Kier molecular flexibility index (Phi) is 13.0. The third-order valence-corrected chi connectivity index (χ3v) is 10.1. The zero-order chi connectivity index (χ0) is 34.0. The van der Waals surface area contributed by atoms with Crippen LogP contribution in [0.4, 0.5) is 0 Å². The summed E-state index contributed by atoms with van der Waals surface area (Å²) in [5.41, 5.74) is 7.42. The van der Waals surface area contributed by atoms with E-state index in [4.69, 9.17) is 17.3 Å². The lowest BCUT2D eigenvalue weighted by molar-refractivity contribution is -0.138. The summed E-state index contributed by atoms with van der Waals surface area (Å²) in [7, 11) is -4.36. The van der Waals surface area contributed by atoms with Crippen LogP contribution in [-0.4, -0.2) is 66.6 Å². The standard InChI is InChI=1S/C34H44ClN5O5S/c1-6-8-10-13-29-25(5)37-33(42)30(40(29)46(44,45)31-17-16-27(35)20-23(31)3)22-32(41)38-28(21-26(7-2)15-14-24(4)36)34(43)39-18-11-9-12-19-39/h6-8,10,13-17,20,25,28,30H,1,4,9,11-12,18-19,21-22,36H2,2-3,5H3,(H,37,42)(H,38,41)/b10-8-,15-14-,26-7+,29-13+/t25?,28-,30?/m1/s1. The summed E-state index contributed by atoms with van der Waals surface area (Å²) in [6.07, 6.45) is 13.9. The Morgan fingerprint density at radius 2 is 1.89 bits per heavy atom. The van der Waals surface area contributed by atoms with Crippen LogP contribution < -0.4 is 16.4 Å². The van der Waals surface area contributed by atoms with Gasteiger partial charge in [-0.05, 0) is 81.5 Å². The predicted molar refractivity (Wildman–Crippen MR) is 182 cm³/mol. The van der Waals surface area contributed by atoms with Crippen LogP contribution in [0.2, 0.25) is 5.02 Å². The number of nitrogens with two attached hydrogens (primary N) is 1. The van der Waals surface area contributed by atoms with E-state index >= 15 is 0 Å². The maximum absolute atomic E-state index is 14.3. The van der Waals surface area contributed by atoms with E-state index in [9.17, 15) is 22.8 Å². The number of nitrogens with one attached hydrogen (secondary N) is 2. The van der Waals surface area contributed by atoms with E-state index in [2.05, 4.69) is 23.8 Å². The van der Waals surface area contributed by atoms with Crippen molar-refractivity contribution in [3.05, 3.63) is 101 Å². The topological polar surface area (TPSA) is 142 Å². The summed E-state index contributed by atoms with van der Waals surface area (Å²) in [5.74, 6) is -1.53. The van der Waals surface area contributed by atoms with Crippen LogP contribution >= 0.6 is 11.6 Å². The highest BCUT2D eigenvalue weighted by Crippen LogP contribution is 2.32. The molecule has 10 nitrogen and oxygen atoms in total. The van der Waals surface area contributed by atoms with Gasteiger partial charge < -0.3 is 21.3 Å². The molecule has 3 atom stereocenters. The number of hydrogen-bond acceptors (Lipinski definition) is 6. The number of nitrogens with zero attached hydrogens (tertiary/aromatic N) is 2. The SMILES string of the molecule is C=C/C=C\C=C1/C(C)NC(=O)C(CC(=O)N[C@H](CC(/C=C\C(=C)N)=C/C)C(=O)N2CCCCC2)N1S(=O)(=O)c1ccc(Cl)cc1C. The minimum absolute atomic E-state index is 0.0491. The number of piperidine rings is 1. The molecule has 12 heteroatoms. The van der Waals surface area contributed by atoms with Gasteiger partial charge in [0, 0.05) is 30.2 Å². The van der Waals surface area contributed by atoms with Crippen LogP contribution in [0.1, 0.15) is 51.5 Å². The molecule has 0 spiro atoms. The number of halogens is 1. The lowest BCUT2D eigenvalue weighted by Crippen LogP contribution is -2.60. The number of amides is 3. The molecule has 0 aromatic heterocycles. The largest absolute Gasteiger partial charge is 0.399 e. The summed E-state index contributed by atoms with van der Waals surface area (Å²) >= 11 is 6.12. The molecule has 2 aliphatic heterocycles. The second kappa shape index (κ2) is 16.5. The van der Waals surface area contributed by atoms with Crippen LogP contribution in [0.25, 0.3) is 0 Å². The highest BCUT2D eigenvalue weighted by molar-refractivity contribution is 7.89. The Labute approximate surface area is 277 Å².